The summed E-state index contributed by atoms with van der Waals surface area (Å²) >= 11 is 0. The number of benzene rings is 2. The van der Waals surface area contributed by atoms with Gasteiger partial charge in [0.05, 0.1) is 21.3 Å². The lowest BCUT2D eigenvalue weighted by Gasteiger charge is -2.16. The van der Waals surface area contributed by atoms with Crippen LogP contribution in [0.1, 0.15) is 15.9 Å². The second-order valence-electron chi connectivity index (χ2n) is 5.71. The molecule has 0 atom stereocenters. The summed E-state index contributed by atoms with van der Waals surface area (Å²) < 4.78 is 15.8. The molecule has 8 heteroatoms. The van der Waals surface area contributed by atoms with Crippen LogP contribution in [0.2, 0.25) is 0 Å². The molecule has 0 saturated heterocycles. The minimum Gasteiger partial charge on any atom is -0.497 e. The normalized spacial score (nSPS) is 10.5. The molecule has 0 spiro atoms. The number of hydrogen-bond acceptors (Lipinski definition) is 6. The van der Waals surface area contributed by atoms with E-state index in [2.05, 4.69) is 15.4 Å². The van der Waals surface area contributed by atoms with Gasteiger partial charge in [0.1, 0.15) is 34.2 Å². The van der Waals surface area contributed by atoms with Crippen molar-refractivity contribution in [3.63, 3.8) is 0 Å². The summed E-state index contributed by atoms with van der Waals surface area (Å²) in [6.45, 7) is 1.77. The molecule has 0 fully saturated rings. The maximum Gasteiger partial charge on any atom is 0.343 e. The first-order chi connectivity index (χ1) is 13.0. The molecule has 0 aliphatic rings. The molecule has 3 aromatic rings. The molecule has 2 N–H and O–H groups in total. The van der Waals surface area contributed by atoms with Crippen LogP contribution in [0.15, 0.2) is 30.3 Å². The molecule has 0 aliphatic carbocycles. The summed E-state index contributed by atoms with van der Waals surface area (Å²) in [7, 11) is 4.43. The Kier molecular flexibility index (Phi) is 4.98. The van der Waals surface area contributed by atoms with Crippen molar-refractivity contribution < 1.29 is 24.1 Å². The van der Waals surface area contributed by atoms with Crippen LogP contribution in [-0.2, 0) is 0 Å². The van der Waals surface area contributed by atoms with E-state index in [1.807, 2.05) is 24.3 Å². The summed E-state index contributed by atoms with van der Waals surface area (Å²) in [5.74, 6) is 0.00664. The van der Waals surface area contributed by atoms with Crippen molar-refractivity contribution in [2.45, 2.75) is 6.92 Å². The zero-order chi connectivity index (χ0) is 19.6. The highest BCUT2D eigenvalue weighted by molar-refractivity contribution is 5.97. The third-order valence-electron chi connectivity index (χ3n) is 4.30. The second-order valence-corrected chi connectivity index (χ2v) is 5.71. The number of nitrogens with zero attached hydrogens (tertiary/aromatic N) is 2. The molecule has 1 aromatic heterocycles. The maximum atomic E-state index is 11.7. The molecule has 0 amide bonds. The molecule has 0 unspecified atom stereocenters. The van der Waals surface area contributed by atoms with E-state index in [9.17, 15) is 9.90 Å². The largest absolute Gasteiger partial charge is 0.497 e. The van der Waals surface area contributed by atoms with Gasteiger partial charge >= 0.3 is 5.97 Å². The first-order valence-electron chi connectivity index (χ1n) is 8.06. The smallest absolute Gasteiger partial charge is 0.343 e. The SMILES string of the molecule is COc1ccc(-c2n[nH]nc2-c2cc(OC)c(C(=O)O)c(OC)c2C)cc1. The van der Waals surface area contributed by atoms with Gasteiger partial charge in [-0.15, -0.1) is 0 Å². The van der Waals surface area contributed by atoms with Gasteiger partial charge in [-0.3, -0.25) is 0 Å². The number of nitrogens with one attached hydrogen (secondary N) is 1. The summed E-state index contributed by atoms with van der Waals surface area (Å²) in [4.78, 5) is 11.7. The van der Waals surface area contributed by atoms with E-state index in [0.29, 0.717) is 22.5 Å². The molecular weight excluding hydrogens is 350 g/mol. The summed E-state index contributed by atoms with van der Waals surface area (Å²) in [5, 5.41) is 20.7. The van der Waals surface area contributed by atoms with Crippen LogP contribution in [0.5, 0.6) is 17.2 Å². The number of aromatic carboxylic acids is 1. The van der Waals surface area contributed by atoms with Crippen LogP contribution in [0.3, 0.4) is 0 Å². The molecule has 0 saturated carbocycles. The van der Waals surface area contributed by atoms with Crippen LogP contribution in [0, 0.1) is 6.92 Å². The molecular formula is C19H19N3O5. The van der Waals surface area contributed by atoms with Crippen molar-refractivity contribution >= 4 is 5.97 Å². The molecule has 0 bridgehead atoms. The number of aromatic amines is 1. The zero-order valence-corrected chi connectivity index (χ0v) is 15.4. The monoisotopic (exact) mass is 369 g/mol. The van der Waals surface area contributed by atoms with Crippen molar-refractivity contribution in [2.75, 3.05) is 21.3 Å². The number of aromatic nitrogens is 3. The van der Waals surface area contributed by atoms with Crippen LogP contribution >= 0.6 is 0 Å². The van der Waals surface area contributed by atoms with Gasteiger partial charge in [-0.1, -0.05) is 0 Å². The van der Waals surface area contributed by atoms with E-state index < -0.39 is 5.97 Å². The van der Waals surface area contributed by atoms with Gasteiger partial charge in [0.15, 0.2) is 0 Å². The lowest BCUT2D eigenvalue weighted by atomic mass is 9.97. The summed E-state index contributed by atoms with van der Waals surface area (Å²) in [6, 6.07) is 9.03. The Morgan fingerprint density at radius 1 is 1.00 bits per heavy atom. The molecule has 3 rings (SSSR count). The van der Waals surface area contributed by atoms with Crippen molar-refractivity contribution in [2.24, 2.45) is 0 Å². The quantitative estimate of drug-likeness (QED) is 0.687. The zero-order valence-electron chi connectivity index (χ0n) is 15.4. The van der Waals surface area contributed by atoms with Crippen LogP contribution in [0.4, 0.5) is 0 Å². The van der Waals surface area contributed by atoms with Gasteiger partial charge in [-0.25, -0.2) is 4.79 Å². The van der Waals surface area contributed by atoms with E-state index in [4.69, 9.17) is 14.2 Å². The number of methoxy groups -OCH3 is 3. The molecule has 8 nitrogen and oxygen atoms in total. The Bertz CT molecular complexity index is 980. The average molecular weight is 369 g/mol. The first kappa shape index (κ1) is 18.2. The van der Waals surface area contributed by atoms with E-state index >= 15 is 0 Å². The van der Waals surface area contributed by atoms with Gasteiger partial charge in [-0.05, 0) is 37.3 Å². The van der Waals surface area contributed by atoms with Crippen LogP contribution in [-0.4, -0.2) is 47.8 Å². The number of H-pyrrole nitrogens is 1. The number of ether oxygens (including phenoxy) is 3. The lowest BCUT2D eigenvalue weighted by Crippen LogP contribution is -2.06. The summed E-state index contributed by atoms with van der Waals surface area (Å²) in [6.07, 6.45) is 0. The van der Waals surface area contributed by atoms with Crippen molar-refractivity contribution in [3.8, 4) is 39.8 Å². The van der Waals surface area contributed by atoms with E-state index in [1.54, 1.807) is 20.1 Å². The lowest BCUT2D eigenvalue weighted by molar-refractivity contribution is 0.0689. The maximum absolute atomic E-state index is 11.7. The van der Waals surface area contributed by atoms with Gasteiger partial charge in [0.25, 0.3) is 0 Å². The Labute approximate surface area is 155 Å². The van der Waals surface area contributed by atoms with Crippen LogP contribution in [0.25, 0.3) is 22.5 Å². The number of carbonyl (C=O) groups is 1. The fourth-order valence-electron chi connectivity index (χ4n) is 2.97. The number of carboxylic acid groups (broad SMARTS) is 1. The van der Waals surface area contributed by atoms with Gasteiger partial charge < -0.3 is 19.3 Å². The molecule has 2 aromatic carbocycles. The predicted octanol–water partition coefficient (Wildman–Crippen LogP) is 3.17. The first-order valence-corrected chi connectivity index (χ1v) is 8.06. The van der Waals surface area contributed by atoms with Crippen molar-refractivity contribution in [3.05, 3.63) is 41.5 Å². The fourth-order valence-corrected chi connectivity index (χ4v) is 2.97. The number of rotatable bonds is 6. The standard InChI is InChI=1S/C19H19N3O5/c1-10-13(9-14(26-3)15(19(23)24)18(10)27-4)17-16(20-22-21-17)11-5-7-12(25-2)8-6-11/h5-9H,1-4H3,(H,23,24)(H,20,21,22). The minimum atomic E-state index is -1.13. The fraction of sp³-hybridized carbons (Fsp3) is 0.211. The minimum absolute atomic E-state index is 0.0317. The molecule has 0 radical (unpaired) electrons. The topological polar surface area (TPSA) is 107 Å². The molecule has 27 heavy (non-hydrogen) atoms. The number of carboxylic acids is 1. The average Bonchev–Trinajstić information content (AvgIpc) is 3.16. The van der Waals surface area contributed by atoms with Crippen molar-refractivity contribution in [1.29, 1.82) is 0 Å². The molecule has 0 aliphatic heterocycles. The van der Waals surface area contributed by atoms with E-state index in [1.165, 1.54) is 14.2 Å². The molecule has 140 valence electrons. The highest BCUT2D eigenvalue weighted by Gasteiger charge is 2.25. The second kappa shape index (κ2) is 7.36. The highest BCUT2D eigenvalue weighted by Crippen LogP contribution is 2.41. The Balaban J connectivity index is 2.21. The van der Waals surface area contributed by atoms with Crippen molar-refractivity contribution in [1.82, 2.24) is 15.4 Å². The third kappa shape index (κ3) is 3.17. The molecule has 1 heterocycles. The Morgan fingerprint density at radius 3 is 2.22 bits per heavy atom. The van der Waals surface area contributed by atoms with Gasteiger partial charge in [0.2, 0.25) is 0 Å². The van der Waals surface area contributed by atoms with E-state index in [0.717, 1.165) is 11.3 Å². The van der Waals surface area contributed by atoms with Gasteiger partial charge in [-0.2, -0.15) is 15.4 Å². The summed E-state index contributed by atoms with van der Waals surface area (Å²) in [5.41, 5.74) is 3.27. The predicted molar refractivity (Wildman–Crippen MR) is 98.6 cm³/mol. The van der Waals surface area contributed by atoms with Gasteiger partial charge in [0, 0.05) is 16.7 Å². The number of hydrogen-bond donors (Lipinski definition) is 2. The van der Waals surface area contributed by atoms with Crippen LogP contribution < -0.4 is 14.2 Å². The Morgan fingerprint density at radius 2 is 1.67 bits per heavy atom. The Hall–Kier alpha value is -3.55. The highest BCUT2D eigenvalue weighted by atomic mass is 16.5. The van der Waals surface area contributed by atoms with E-state index in [-0.39, 0.29) is 17.1 Å². The third-order valence-corrected chi connectivity index (χ3v) is 4.30.